The van der Waals surface area contributed by atoms with Gasteiger partial charge in [-0.3, -0.25) is 9.67 Å². The Bertz CT molecular complexity index is 848. The lowest BCUT2D eigenvalue weighted by Gasteiger charge is -2.19. The van der Waals surface area contributed by atoms with Gasteiger partial charge in [-0.2, -0.15) is 10.2 Å². The van der Waals surface area contributed by atoms with Gasteiger partial charge in [0.25, 0.3) is 0 Å². The van der Waals surface area contributed by atoms with Crippen LogP contribution in [0.4, 0.5) is 0 Å². The quantitative estimate of drug-likeness (QED) is 0.528. The maximum atomic E-state index is 4.31. The Morgan fingerprint density at radius 1 is 1.27 bits per heavy atom. The molecule has 0 fully saturated rings. The number of rotatable bonds is 6. The number of aryl methyl sites for hydroxylation is 1. The van der Waals surface area contributed by atoms with Crippen LogP contribution in [0.15, 0.2) is 60.1 Å². The zero-order valence-corrected chi connectivity index (χ0v) is 15.4. The fourth-order valence-corrected chi connectivity index (χ4v) is 2.72. The molecule has 7 nitrogen and oxygen atoms in total. The van der Waals surface area contributed by atoms with Crippen LogP contribution >= 0.6 is 0 Å². The molecule has 7 heteroatoms. The molecule has 0 aliphatic rings. The van der Waals surface area contributed by atoms with Gasteiger partial charge in [0, 0.05) is 32.2 Å². The summed E-state index contributed by atoms with van der Waals surface area (Å²) in [6, 6.07) is 10.3. The number of nitrogens with one attached hydrogen (secondary N) is 2. The van der Waals surface area contributed by atoms with Gasteiger partial charge < -0.3 is 10.6 Å². The Labute approximate surface area is 153 Å². The molecule has 3 rings (SSSR count). The van der Waals surface area contributed by atoms with E-state index < -0.39 is 0 Å². The van der Waals surface area contributed by atoms with Crippen molar-refractivity contribution in [2.75, 3.05) is 13.6 Å². The summed E-state index contributed by atoms with van der Waals surface area (Å²) in [5.74, 6) is 0.769. The minimum atomic E-state index is 0.115. The molecule has 0 radical (unpaired) electrons. The van der Waals surface area contributed by atoms with E-state index in [4.69, 9.17) is 0 Å². The van der Waals surface area contributed by atoms with Crippen LogP contribution < -0.4 is 10.6 Å². The molecule has 0 bridgehead atoms. The van der Waals surface area contributed by atoms with Gasteiger partial charge in [0.05, 0.1) is 24.5 Å². The minimum absolute atomic E-state index is 0.115. The van der Waals surface area contributed by atoms with Crippen LogP contribution in [0.2, 0.25) is 0 Å². The second-order valence-corrected chi connectivity index (χ2v) is 6.19. The van der Waals surface area contributed by atoms with Crippen LogP contribution in [-0.2, 0) is 6.54 Å². The average molecular weight is 351 g/mol. The van der Waals surface area contributed by atoms with Crippen molar-refractivity contribution in [2.45, 2.75) is 26.4 Å². The van der Waals surface area contributed by atoms with E-state index in [1.54, 1.807) is 13.2 Å². The molecule has 1 unspecified atom stereocenters. The highest BCUT2D eigenvalue weighted by Gasteiger charge is 2.09. The first-order valence-electron chi connectivity index (χ1n) is 8.72. The van der Waals surface area contributed by atoms with Crippen LogP contribution in [0.1, 0.15) is 24.1 Å². The second kappa shape index (κ2) is 8.33. The van der Waals surface area contributed by atoms with Crippen molar-refractivity contribution in [1.82, 2.24) is 30.2 Å². The molecule has 136 valence electrons. The predicted molar refractivity (Wildman–Crippen MR) is 103 cm³/mol. The SMILES string of the molecule is CN=C(NCCn1cc(C)cn1)NC(C)c1cccc(-n2cccn2)c1. The van der Waals surface area contributed by atoms with E-state index in [1.807, 2.05) is 53.1 Å². The molecule has 26 heavy (non-hydrogen) atoms. The van der Waals surface area contributed by atoms with E-state index in [9.17, 15) is 0 Å². The van der Waals surface area contributed by atoms with Gasteiger partial charge >= 0.3 is 0 Å². The van der Waals surface area contributed by atoms with Crippen LogP contribution in [0, 0.1) is 6.92 Å². The number of hydrogen-bond acceptors (Lipinski definition) is 3. The van der Waals surface area contributed by atoms with Gasteiger partial charge in [-0.1, -0.05) is 12.1 Å². The van der Waals surface area contributed by atoms with Crippen molar-refractivity contribution < 1.29 is 0 Å². The van der Waals surface area contributed by atoms with E-state index in [1.165, 1.54) is 5.56 Å². The summed E-state index contributed by atoms with van der Waals surface area (Å²) >= 11 is 0. The molecule has 0 amide bonds. The second-order valence-electron chi connectivity index (χ2n) is 6.19. The Morgan fingerprint density at radius 2 is 2.15 bits per heavy atom. The van der Waals surface area contributed by atoms with Crippen LogP contribution in [-0.4, -0.2) is 39.1 Å². The van der Waals surface area contributed by atoms with Crippen LogP contribution in [0.5, 0.6) is 0 Å². The third-order valence-electron chi connectivity index (χ3n) is 4.11. The lowest BCUT2D eigenvalue weighted by atomic mass is 10.1. The number of nitrogens with zero attached hydrogens (tertiary/aromatic N) is 5. The van der Waals surface area contributed by atoms with Crippen molar-refractivity contribution in [3.63, 3.8) is 0 Å². The van der Waals surface area contributed by atoms with Crippen molar-refractivity contribution in [2.24, 2.45) is 4.99 Å². The third kappa shape index (κ3) is 4.50. The normalized spacial score (nSPS) is 12.8. The number of hydrogen-bond donors (Lipinski definition) is 2. The Kier molecular flexibility index (Phi) is 5.68. The first-order valence-corrected chi connectivity index (χ1v) is 8.72. The summed E-state index contributed by atoms with van der Waals surface area (Å²) in [5, 5.41) is 15.3. The number of aromatic nitrogens is 4. The average Bonchev–Trinajstić information content (AvgIpc) is 3.33. The number of benzene rings is 1. The lowest BCUT2D eigenvalue weighted by Crippen LogP contribution is -2.40. The minimum Gasteiger partial charge on any atom is -0.355 e. The van der Waals surface area contributed by atoms with Crippen LogP contribution in [0.25, 0.3) is 5.69 Å². The van der Waals surface area contributed by atoms with E-state index in [-0.39, 0.29) is 6.04 Å². The Hall–Kier alpha value is -3.09. The third-order valence-corrected chi connectivity index (χ3v) is 4.11. The van der Waals surface area contributed by atoms with E-state index in [2.05, 4.69) is 44.9 Å². The van der Waals surface area contributed by atoms with Gasteiger partial charge in [0.15, 0.2) is 5.96 Å². The fourth-order valence-electron chi connectivity index (χ4n) is 2.72. The maximum absolute atomic E-state index is 4.31. The first-order chi connectivity index (χ1) is 12.7. The van der Waals surface area contributed by atoms with Gasteiger partial charge in [0.1, 0.15) is 0 Å². The summed E-state index contributed by atoms with van der Waals surface area (Å²) in [6.07, 6.45) is 7.61. The molecule has 1 aromatic carbocycles. The molecule has 0 spiro atoms. The molecular formula is C19H25N7. The number of aliphatic imine (C=N–C) groups is 1. The molecular weight excluding hydrogens is 326 g/mol. The molecule has 1 atom stereocenters. The first kappa shape index (κ1) is 17.7. The largest absolute Gasteiger partial charge is 0.355 e. The van der Waals surface area contributed by atoms with E-state index in [0.717, 1.165) is 30.3 Å². The fraction of sp³-hybridized carbons (Fsp3) is 0.316. The topological polar surface area (TPSA) is 72.1 Å². The zero-order chi connectivity index (χ0) is 18.4. The van der Waals surface area contributed by atoms with Gasteiger partial charge in [-0.05, 0) is 43.2 Å². The molecule has 0 saturated heterocycles. The molecule has 2 aromatic heterocycles. The molecule has 3 aromatic rings. The summed E-state index contributed by atoms with van der Waals surface area (Å²) in [5.41, 5.74) is 3.37. The van der Waals surface area contributed by atoms with Crippen LogP contribution in [0.3, 0.4) is 0 Å². The molecule has 0 aliphatic carbocycles. The Morgan fingerprint density at radius 3 is 2.85 bits per heavy atom. The van der Waals surface area contributed by atoms with Crippen molar-refractivity contribution in [3.8, 4) is 5.69 Å². The highest BCUT2D eigenvalue weighted by atomic mass is 15.3. The monoisotopic (exact) mass is 351 g/mol. The summed E-state index contributed by atoms with van der Waals surface area (Å²) in [7, 11) is 1.78. The van der Waals surface area contributed by atoms with Crippen molar-refractivity contribution in [1.29, 1.82) is 0 Å². The van der Waals surface area contributed by atoms with Gasteiger partial charge in [0.2, 0.25) is 0 Å². The molecule has 2 N–H and O–H groups in total. The summed E-state index contributed by atoms with van der Waals surface area (Å²) in [6.45, 7) is 5.70. The smallest absolute Gasteiger partial charge is 0.191 e. The standard InChI is InChI=1S/C19H25N7/c1-15-13-23-25(14-15)11-9-21-19(20-3)24-16(2)17-6-4-7-18(12-17)26-10-5-8-22-26/h4-8,10,12-14,16H,9,11H2,1-3H3,(H2,20,21,24). The van der Waals surface area contributed by atoms with Crippen molar-refractivity contribution in [3.05, 3.63) is 66.2 Å². The zero-order valence-electron chi connectivity index (χ0n) is 15.4. The van der Waals surface area contributed by atoms with Crippen molar-refractivity contribution >= 4 is 5.96 Å². The predicted octanol–water partition coefficient (Wildman–Crippen LogP) is 2.30. The van der Waals surface area contributed by atoms with Gasteiger partial charge in [-0.15, -0.1) is 0 Å². The molecule has 2 heterocycles. The molecule has 0 aliphatic heterocycles. The lowest BCUT2D eigenvalue weighted by molar-refractivity contribution is 0.591. The van der Waals surface area contributed by atoms with Gasteiger partial charge in [-0.25, -0.2) is 4.68 Å². The van der Waals surface area contributed by atoms with E-state index in [0.29, 0.717) is 0 Å². The summed E-state index contributed by atoms with van der Waals surface area (Å²) in [4.78, 5) is 4.31. The number of guanidine groups is 1. The Balaban J connectivity index is 1.57. The van der Waals surface area contributed by atoms with E-state index >= 15 is 0 Å². The molecule has 0 saturated carbocycles. The highest BCUT2D eigenvalue weighted by Crippen LogP contribution is 2.16. The maximum Gasteiger partial charge on any atom is 0.191 e. The highest BCUT2D eigenvalue weighted by molar-refractivity contribution is 5.80. The summed E-state index contributed by atoms with van der Waals surface area (Å²) < 4.78 is 3.78.